The molecular weight excluding hydrogens is 387 g/mol. The van der Waals surface area contributed by atoms with Gasteiger partial charge in [-0.15, -0.1) is 0 Å². The van der Waals surface area contributed by atoms with Crippen LogP contribution in [0.15, 0.2) is 77.6 Å². The summed E-state index contributed by atoms with van der Waals surface area (Å²) in [7, 11) is -4.16. The van der Waals surface area contributed by atoms with Crippen LogP contribution in [0.3, 0.4) is 0 Å². The standard InChI is InChI=1S/C23H25O3PS/c1-3-25-27(24,26-4-2)23(28-15-9-10-16-28)22-17-18-11-5-6-12-19(18)20-13-7-8-14-21(20)22/h5-17,23,28H,3-4H2,1-2H3. The molecule has 0 saturated heterocycles. The highest BCUT2D eigenvalue weighted by Crippen LogP contribution is 2.72. The van der Waals surface area contributed by atoms with E-state index in [1.165, 1.54) is 10.8 Å². The summed E-state index contributed by atoms with van der Waals surface area (Å²) < 4.78 is 25.7. The van der Waals surface area contributed by atoms with Crippen molar-refractivity contribution in [2.45, 2.75) is 18.8 Å². The van der Waals surface area contributed by atoms with Gasteiger partial charge in [0.25, 0.3) is 0 Å². The number of fused-ring (bicyclic) bond motifs is 3. The monoisotopic (exact) mass is 412 g/mol. The molecule has 0 amide bonds. The van der Waals surface area contributed by atoms with E-state index in [1.807, 2.05) is 38.1 Å². The van der Waals surface area contributed by atoms with E-state index in [9.17, 15) is 4.57 Å². The van der Waals surface area contributed by atoms with Gasteiger partial charge in [-0.2, -0.15) is 10.9 Å². The Balaban J connectivity index is 2.03. The molecule has 0 aromatic heterocycles. The molecule has 5 heteroatoms. The lowest BCUT2D eigenvalue weighted by molar-refractivity contribution is 0.218. The molecule has 0 N–H and O–H groups in total. The molecule has 3 nitrogen and oxygen atoms in total. The predicted molar refractivity (Wildman–Crippen MR) is 122 cm³/mol. The van der Waals surface area contributed by atoms with Crippen LogP contribution in [0.5, 0.6) is 0 Å². The smallest absolute Gasteiger partial charge is 0.308 e. The molecule has 0 fully saturated rings. The first-order valence-corrected chi connectivity index (χ1v) is 12.8. The second-order valence-electron chi connectivity index (χ2n) is 6.61. The molecule has 0 spiro atoms. The van der Waals surface area contributed by atoms with Gasteiger partial charge in [0.2, 0.25) is 0 Å². The first-order chi connectivity index (χ1) is 13.7. The van der Waals surface area contributed by atoms with Gasteiger partial charge in [-0.05, 0) is 57.8 Å². The van der Waals surface area contributed by atoms with Crippen LogP contribution in [0, 0.1) is 0 Å². The summed E-state index contributed by atoms with van der Waals surface area (Å²) in [6, 6.07) is 18.9. The zero-order valence-electron chi connectivity index (χ0n) is 16.1. The van der Waals surface area contributed by atoms with Crippen molar-refractivity contribution >= 4 is 40.0 Å². The summed E-state index contributed by atoms with van der Waals surface area (Å²) in [5.74, 6) is 0. The van der Waals surface area contributed by atoms with Gasteiger partial charge in [-0.1, -0.05) is 60.7 Å². The average molecular weight is 412 g/mol. The number of allylic oxidation sites excluding steroid dienone is 2. The molecule has 28 heavy (non-hydrogen) atoms. The normalized spacial score (nSPS) is 16.3. The van der Waals surface area contributed by atoms with Gasteiger partial charge in [0.05, 0.1) is 13.2 Å². The minimum atomic E-state index is -3.36. The highest BCUT2D eigenvalue weighted by Gasteiger charge is 2.41. The Labute approximate surface area is 168 Å². The summed E-state index contributed by atoms with van der Waals surface area (Å²) in [5.41, 5.74) is 1.04. The van der Waals surface area contributed by atoms with Crippen LogP contribution in [-0.4, -0.2) is 13.2 Å². The molecule has 1 unspecified atom stereocenters. The van der Waals surface area contributed by atoms with Gasteiger partial charge < -0.3 is 9.05 Å². The quantitative estimate of drug-likeness (QED) is 0.251. The lowest BCUT2D eigenvalue weighted by atomic mass is 9.98. The number of hydrogen-bond acceptors (Lipinski definition) is 3. The van der Waals surface area contributed by atoms with E-state index in [0.29, 0.717) is 13.2 Å². The fourth-order valence-electron chi connectivity index (χ4n) is 3.84. The van der Waals surface area contributed by atoms with E-state index in [-0.39, 0.29) is 4.99 Å². The molecule has 0 aliphatic carbocycles. The highest BCUT2D eigenvalue weighted by molar-refractivity contribution is 8.25. The van der Waals surface area contributed by atoms with E-state index in [1.54, 1.807) is 0 Å². The molecule has 1 heterocycles. The summed E-state index contributed by atoms with van der Waals surface area (Å²) in [6.07, 6.45) is 4.06. The minimum absolute atomic E-state index is 0.327. The molecule has 1 atom stereocenters. The van der Waals surface area contributed by atoms with Gasteiger partial charge in [0.1, 0.15) is 4.99 Å². The van der Waals surface area contributed by atoms with Gasteiger partial charge >= 0.3 is 7.60 Å². The molecule has 1 aliphatic rings. The summed E-state index contributed by atoms with van der Waals surface area (Å²) in [5, 5.41) is 8.92. The van der Waals surface area contributed by atoms with Crippen molar-refractivity contribution in [2.24, 2.45) is 0 Å². The van der Waals surface area contributed by atoms with Gasteiger partial charge in [0, 0.05) is 0 Å². The molecule has 1 aliphatic heterocycles. The second-order valence-corrected chi connectivity index (χ2v) is 11.1. The summed E-state index contributed by atoms with van der Waals surface area (Å²) >= 11 is 0. The summed E-state index contributed by atoms with van der Waals surface area (Å²) in [4.78, 5) is -0.327. The van der Waals surface area contributed by atoms with Gasteiger partial charge in [-0.25, -0.2) is 0 Å². The zero-order valence-corrected chi connectivity index (χ0v) is 17.9. The second kappa shape index (κ2) is 8.26. The third-order valence-corrected chi connectivity index (χ3v) is 10.5. The van der Waals surface area contributed by atoms with Crippen LogP contribution in [0.25, 0.3) is 21.5 Å². The number of thiol groups is 1. The lowest BCUT2D eigenvalue weighted by Crippen LogP contribution is -2.07. The SMILES string of the molecule is CCOP(=O)(OCC)C(c1cc2ccccc2c2ccccc12)[SH]1C=CC=C1. The Morgan fingerprint density at radius 3 is 2.07 bits per heavy atom. The Morgan fingerprint density at radius 1 is 0.857 bits per heavy atom. The van der Waals surface area contributed by atoms with E-state index >= 15 is 0 Å². The maximum atomic E-state index is 14.0. The van der Waals surface area contributed by atoms with Gasteiger partial charge in [0.15, 0.2) is 0 Å². The Hall–Kier alpha value is -1.84. The van der Waals surface area contributed by atoms with E-state index in [4.69, 9.17) is 9.05 Å². The molecule has 146 valence electrons. The van der Waals surface area contributed by atoms with Crippen LogP contribution in [0.1, 0.15) is 24.4 Å². The Morgan fingerprint density at radius 2 is 1.43 bits per heavy atom. The van der Waals surface area contributed by atoms with Crippen LogP contribution in [-0.2, 0) is 13.6 Å². The lowest BCUT2D eigenvalue weighted by Gasteiger charge is -2.32. The molecule has 3 aromatic carbocycles. The minimum Gasteiger partial charge on any atom is -0.308 e. The first-order valence-electron chi connectivity index (χ1n) is 9.59. The van der Waals surface area contributed by atoms with Crippen LogP contribution in [0.2, 0.25) is 0 Å². The Bertz CT molecular complexity index is 1080. The third kappa shape index (κ3) is 3.46. The average Bonchev–Trinajstić information content (AvgIpc) is 3.23. The van der Waals surface area contributed by atoms with Crippen molar-refractivity contribution in [1.82, 2.24) is 0 Å². The molecule has 0 bridgehead atoms. The molecule has 3 aromatic rings. The first kappa shape index (κ1) is 19.5. The molecule has 0 radical (unpaired) electrons. The fraction of sp³-hybridized carbons (Fsp3) is 0.217. The van der Waals surface area contributed by atoms with E-state index < -0.39 is 18.5 Å². The third-order valence-electron chi connectivity index (χ3n) is 4.91. The fourth-order valence-corrected chi connectivity index (χ4v) is 9.20. The number of rotatable bonds is 7. The highest BCUT2D eigenvalue weighted by atomic mass is 32.2. The van der Waals surface area contributed by atoms with Crippen molar-refractivity contribution in [1.29, 1.82) is 0 Å². The molecule has 4 rings (SSSR count). The maximum Gasteiger partial charge on any atom is 0.346 e. The summed E-state index contributed by atoms with van der Waals surface area (Å²) in [6.45, 7) is 4.45. The van der Waals surface area contributed by atoms with Crippen LogP contribution >= 0.6 is 18.5 Å². The van der Waals surface area contributed by atoms with Crippen molar-refractivity contribution < 1.29 is 13.6 Å². The Kier molecular flexibility index (Phi) is 5.75. The van der Waals surface area contributed by atoms with E-state index in [2.05, 4.69) is 53.3 Å². The van der Waals surface area contributed by atoms with E-state index in [0.717, 1.165) is 16.3 Å². The maximum absolute atomic E-state index is 14.0. The zero-order chi connectivity index (χ0) is 19.6. The van der Waals surface area contributed by atoms with Crippen molar-refractivity contribution in [3.05, 3.63) is 83.1 Å². The number of benzene rings is 3. The largest absolute Gasteiger partial charge is 0.346 e. The molecular formula is C23H25O3PS. The topological polar surface area (TPSA) is 35.5 Å². The predicted octanol–water partition coefficient (Wildman–Crippen LogP) is 7.30. The van der Waals surface area contributed by atoms with Crippen molar-refractivity contribution in [3.8, 4) is 0 Å². The van der Waals surface area contributed by atoms with Gasteiger partial charge in [-0.3, -0.25) is 4.57 Å². The van der Waals surface area contributed by atoms with Crippen LogP contribution in [0.4, 0.5) is 0 Å². The van der Waals surface area contributed by atoms with Crippen LogP contribution < -0.4 is 0 Å². The number of hydrogen-bond donors (Lipinski definition) is 1. The van der Waals surface area contributed by atoms with Crippen molar-refractivity contribution in [2.75, 3.05) is 13.2 Å². The molecule has 0 saturated carbocycles. The van der Waals surface area contributed by atoms with Crippen molar-refractivity contribution in [3.63, 3.8) is 0 Å².